The monoisotopic (exact) mass is 514 g/mol. The molecule has 0 spiro atoms. The molecule has 0 aliphatic carbocycles. The Morgan fingerprint density at radius 3 is 2.00 bits per heavy atom. The smallest absolute Gasteiger partial charge is 0.264 e. The maximum absolute atomic E-state index is 13.7. The number of carbonyl (C=O) groups excluding carboxylic acids is 1. The molecular formula is C30H30N2O4S. The van der Waals surface area contributed by atoms with Gasteiger partial charge in [0.05, 0.1) is 23.7 Å². The molecule has 0 aliphatic rings. The molecule has 7 heteroatoms. The van der Waals surface area contributed by atoms with Crippen molar-refractivity contribution in [1.82, 2.24) is 5.32 Å². The van der Waals surface area contributed by atoms with Crippen molar-refractivity contribution in [2.45, 2.75) is 24.8 Å². The summed E-state index contributed by atoms with van der Waals surface area (Å²) in [4.78, 5) is 13.6. The van der Waals surface area contributed by atoms with Crippen LogP contribution in [0.2, 0.25) is 0 Å². The zero-order valence-corrected chi connectivity index (χ0v) is 21.9. The number of methoxy groups -OCH3 is 1. The highest BCUT2D eigenvalue weighted by molar-refractivity contribution is 7.92. The molecule has 1 atom stereocenters. The van der Waals surface area contributed by atoms with Crippen LogP contribution in [-0.4, -0.2) is 28.0 Å². The zero-order chi connectivity index (χ0) is 26.4. The minimum atomic E-state index is -4.00. The Hall–Kier alpha value is -4.10. The normalized spacial score (nSPS) is 12.0. The topological polar surface area (TPSA) is 75.7 Å². The summed E-state index contributed by atoms with van der Waals surface area (Å²) in [5, 5.41) is 3.05. The van der Waals surface area contributed by atoms with Crippen molar-refractivity contribution in [3.8, 4) is 5.75 Å². The van der Waals surface area contributed by atoms with Gasteiger partial charge in [-0.15, -0.1) is 0 Å². The van der Waals surface area contributed by atoms with Gasteiger partial charge in [0.1, 0.15) is 12.3 Å². The second-order valence-electron chi connectivity index (χ2n) is 8.78. The molecule has 0 aromatic heterocycles. The number of ether oxygens (including phenoxy) is 1. The van der Waals surface area contributed by atoms with Gasteiger partial charge >= 0.3 is 0 Å². The highest BCUT2D eigenvalue weighted by atomic mass is 32.2. The molecule has 1 N–H and O–H groups in total. The SMILES string of the molecule is COc1ccc([C@@H](NC(=O)CN(c2ccc(C)c(C)c2)S(=O)(=O)c2ccccc2)c2ccccc2)cc1. The van der Waals surface area contributed by atoms with Crippen LogP contribution in [0.3, 0.4) is 0 Å². The highest BCUT2D eigenvalue weighted by Gasteiger charge is 2.28. The summed E-state index contributed by atoms with van der Waals surface area (Å²) in [5.41, 5.74) is 4.14. The Morgan fingerprint density at radius 2 is 1.41 bits per heavy atom. The van der Waals surface area contributed by atoms with Crippen LogP contribution in [0.4, 0.5) is 5.69 Å². The van der Waals surface area contributed by atoms with Crippen LogP contribution < -0.4 is 14.4 Å². The maximum atomic E-state index is 13.7. The van der Waals surface area contributed by atoms with Crippen molar-refractivity contribution < 1.29 is 17.9 Å². The molecule has 37 heavy (non-hydrogen) atoms. The Bertz CT molecular complexity index is 1450. The van der Waals surface area contributed by atoms with Gasteiger partial charge in [0.2, 0.25) is 5.91 Å². The molecule has 0 unspecified atom stereocenters. The third-order valence-electron chi connectivity index (χ3n) is 6.28. The van der Waals surface area contributed by atoms with Gasteiger partial charge in [0, 0.05) is 0 Å². The third kappa shape index (κ3) is 6.01. The molecule has 1 amide bonds. The quantitative estimate of drug-likeness (QED) is 0.324. The first-order valence-electron chi connectivity index (χ1n) is 11.9. The predicted molar refractivity (Wildman–Crippen MR) is 146 cm³/mol. The van der Waals surface area contributed by atoms with Gasteiger partial charge in [-0.3, -0.25) is 9.10 Å². The van der Waals surface area contributed by atoms with E-state index in [4.69, 9.17) is 4.74 Å². The number of rotatable bonds is 9. The summed E-state index contributed by atoms with van der Waals surface area (Å²) in [6, 6.07) is 30.1. The van der Waals surface area contributed by atoms with Gasteiger partial charge in [-0.25, -0.2) is 8.42 Å². The lowest BCUT2D eigenvalue weighted by Crippen LogP contribution is -2.42. The van der Waals surface area contributed by atoms with Crippen molar-refractivity contribution >= 4 is 21.6 Å². The van der Waals surface area contributed by atoms with E-state index >= 15 is 0 Å². The average molecular weight is 515 g/mol. The molecule has 0 bridgehead atoms. The van der Waals surface area contributed by atoms with Crippen LogP contribution in [-0.2, 0) is 14.8 Å². The highest BCUT2D eigenvalue weighted by Crippen LogP contribution is 2.27. The molecule has 4 rings (SSSR count). The Kier molecular flexibility index (Phi) is 7.94. The second-order valence-corrected chi connectivity index (χ2v) is 10.6. The van der Waals surface area contributed by atoms with Gasteiger partial charge in [0.15, 0.2) is 0 Å². The summed E-state index contributed by atoms with van der Waals surface area (Å²) < 4.78 is 33.8. The Balaban J connectivity index is 1.69. The van der Waals surface area contributed by atoms with Crippen molar-refractivity contribution in [2.75, 3.05) is 18.0 Å². The average Bonchev–Trinajstić information content (AvgIpc) is 2.93. The van der Waals surface area contributed by atoms with Crippen LogP contribution in [0.1, 0.15) is 28.3 Å². The summed E-state index contributed by atoms with van der Waals surface area (Å²) in [5.74, 6) is 0.277. The lowest BCUT2D eigenvalue weighted by Gasteiger charge is -2.26. The summed E-state index contributed by atoms with van der Waals surface area (Å²) >= 11 is 0. The molecule has 0 saturated heterocycles. The van der Waals surface area contributed by atoms with Crippen LogP contribution in [0, 0.1) is 13.8 Å². The summed E-state index contributed by atoms with van der Waals surface area (Å²) in [6.45, 7) is 3.50. The molecule has 0 aliphatic heterocycles. The minimum Gasteiger partial charge on any atom is -0.497 e. The van der Waals surface area contributed by atoms with Gasteiger partial charge in [0.25, 0.3) is 10.0 Å². The van der Waals surface area contributed by atoms with Gasteiger partial charge in [-0.1, -0.05) is 66.7 Å². The Labute approximate surface area is 218 Å². The van der Waals surface area contributed by atoms with Crippen LogP contribution in [0.25, 0.3) is 0 Å². The number of nitrogens with zero attached hydrogens (tertiary/aromatic N) is 1. The molecule has 4 aromatic carbocycles. The number of aryl methyl sites for hydroxylation is 2. The first kappa shape index (κ1) is 26.0. The lowest BCUT2D eigenvalue weighted by atomic mass is 9.98. The largest absolute Gasteiger partial charge is 0.497 e. The number of anilines is 1. The first-order chi connectivity index (χ1) is 17.8. The fourth-order valence-corrected chi connectivity index (χ4v) is 5.49. The fourth-order valence-electron chi connectivity index (χ4n) is 4.05. The number of nitrogens with one attached hydrogen (secondary N) is 1. The van der Waals surface area contributed by atoms with Crippen LogP contribution in [0.5, 0.6) is 5.75 Å². The van der Waals surface area contributed by atoms with Gasteiger partial charge < -0.3 is 10.1 Å². The van der Waals surface area contributed by atoms with E-state index < -0.39 is 22.0 Å². The van der Waals surface area contributed by atoms with Crippen molar-refractivity contribution in [1.29, 1.82) is 0 Å². The number of benzene rings is 4. The van der Waals surface area contributed by atoms with E-state index in [-0.39, 0.29) is 11.4 Å². The molecule has 0 radical (unpaired) electrons. The van der Waals surface area contributed by atoms with Gasteiger partial charge in [-0.2, -0.15) is 0 Å². The third-order valence-corrected chi connectivity index (χ3v) is 8.07. The maximum Gasteiger partial charge on any atom is 0.264 e. The minimum absolute atomic E-state index is 0.121. The standard InChI is InChI=1S/C30H30N2O4S/c1-22-14-17-26(20-23(22)2)32(37(34,35)28-12-8-5-9-13-28)21-29(33)31-30(24-10-6-4-7-11-24)25-15-18-27(36-3)19-16-25/h4-20,30H,21H2,1-3H3,(H,31,33)/t30-/m0/s1. The number of sulfonamides is 1. The van der Waals surface area contributed by atoms with E-state index in [1.54, 1.807) is 37.4 Å². The van der Waals surface area contributed by atoms with E-state index in [1.807, 2.05) is 74.5 Å². The molecule has 0 fully saturated rings. The summed E-state index contributed by atoms with van der Waals surface area (Å²) in [6.07, 6.45) is 0. The van der Waals surface area contributed by atoms with Crippen LogP contribution >= 0.6 is 0 Å². The molecule has 6 nitrogen and oxygen atoms in total. The lowest BCUT2D eigenvalue weighted by molar-refractivity contribution is -0.120. The van der Waals surface area contributed by atoms with E-state index in [1.165, 1.54) is 16.4 Å². The summed E-state index contributed by atoms with van der Waals surface area (Å²) in [7, 11) is -2.40. The second kappa shape index (κ2) is 11.3. The molecule has 190 valence electrons. The fraction of sp³-hybridized carbons (Fsp3) is 0.167. The van der Waals surface area contributed by atoms with E-state index in [0.717, 1.165) is 22.3 Å². The zero-order valence-electron chi connectivity index (χ0n) is 21.1. The van der Waals surface area contributed by atoms with Crippen molar-refractivity contribution in [2.24, 2.45) is 0 Å². The van der Waals surface area contributed by atoms with E-state index in [9.17, 15) is 13.2 Å². The van der Waals surface area contributed by atoms with Crippen LogP contribution in [0.15, 0.2) is 108 Å². The van der Waals surface area contributed by atoms with E-state index in [2.05, 4.69) is 5.32 Å². The number of amides is 1. The molecule has 4 aromatic rings. The van der Waals surface area contributed by atoms with E-state index in [0.29, 0.717) is 11.4 Å². The first-order valence-corrected chi connectivity index (χ1v) is 13.4. The van der Waals surface area contributed by atoms with Crippen molar-refractivity contribution in [3.63, 3.8) is 0 Å². The molecule has 0 heterocycles. The number of hydrogen-bond donors (Lipinski definition) is 1. The predicted octanol–water partition coefficient (Wildman–Crippen LogP) is 5.41. The number of carbonyl (C=O) groups is 1. The number of hydrogen-bond acceptors (Lipinski definition) is 4. The van der Waals surface area contributed by atoms with Gasteiger partial charge in [-0.05, 0) is 72.5 Å². The van der Waals surface area contributed by atoms with Crippen molar-refractivity contribution in [3.05, 3.63) is 125 Å². The molecular weight excluding hydrogens is 484 g/mol. The molecule has 0 saturated carbocycles. The Morgan fingerprint density at radius 1 is 0.811 bits per heavy atom.